The Hall–Kier alpha value is -4.78. The number of aromatic nitrogens is 4. The van der Waals surface area contributed by atoms with Crippen LogP contribution in [0.2, 0.25) is 0 Å². The number of nitrogens with zero attached hydrogens (tertiary/aromatic N) is 5. The first-order chi connectivity index (χ1) is 18.1. The maximum Gasteiger partial charge on any atom is 0.333 e. The smallest absolute Gasteiger partial charge is 0.312 e. The van der Waals surface area contributed by atoms with Crippen LogP contribution in [0, 0.1) is 0 Å². The number of rotatable bonds is 3. The number of anilines is 1. The first-order valence-electron chi connectivity index (χ1n) is 12.3. The second-order valence-corrected chi connectivity index (χ2v) is 9.48. The summed E-state index contributed by atoms with van der Waals surface area (Å²) in [6.07, 6.45) is 5.09. The van der Waals surface area contributed by atoms with Gasteiger partial charge in [-0.2, -0.15) is 0 Å². The van der Waals surface area contributed by atoms with Crippen LogP contribution in [0.4, 0.5) is 5.69 Å². The van der Waals surface area contributed by atoms with E-state index in [9.17, 15) is 9.59 Å². The highest BCUT2D eigenvalue weighted by atomic mass is 16.2. The molecular formula is C30H23N5O2. The molecule has 1 amide bonds. The van der Waals surface area contributed by atoms with Crippen LogP contribution < -0.4 is 10.6 Å². The molecule has 180 valence electrons. The van der Waals surface area contributed by atoms with Crippen LogP contribution in [0.5, 0.6) is 0 Å². The molecule has 1 fully saturated rings. The zero-order valence-corrected chi connectivity index (χ0v) is 20.3. The molecule has 0 bridgehead atoms. The van der Waals surface area contributed by atoms with Gasteiger partial charge in [0.2, 0.25) is 5.91 Å². The van der Waals surface area contributed by atoms with Crippen LogP contribution in [0.25, 0.3) is 49.7 Å². The van der Waals surface area contributed by atoms with Crippen molar-refractivity contribution in [2.75, 3.05) is 11.4 Å². The highest BCUT2D eigenvalue weighted by Gasteiger charge is 2.22. The molecule has 3 aromatic carbocycles. The Morgan fingerprint density at radius 2 is 1.57 bits per heavy atom. The van der Waals surface area contributed by atoms with Crippen molar-refractivity contribution in [2.24, 2.45) is 7.05 Å². The van der Waals surface area contributed by atoms with Gasteiger partial charge in [0.15, 0.2) is 0 Å². The van der Waals surface area contributed by atoms with Crippen LogP contribution in [-0.2, 0) is 11.8 Å². The van der Waals surface area contributed by atoms with Gasteiger partial charge in [-0.05, 0) is 60.5 Å². The maximum atomic E-state index is 13.5. The number of para-hydroxylation sites is 1. The predicted octanol–water partition coefficient (Wildman–Crippen LogP) is 5.22. The van der Waals surface area contributed by atoms with E-state index < -0.39 is 0 Å². The molecule has 0 aliphatic carbocycles. The molecule has 1 aliphatic heterocycles. The van der Waals surface area contributed by atoms with Crippen molar-refractivity contribution in [3.63, 3.8) is 0 Å². The van der Waals surface area contributed by atoms with Crippen molar-refractivity contribution in [1.29, 1.82) is 0 Å². The first kappa shape index (κ1) is 21.5. The highest BCUT2D eigenvalue weighted by molar-refractivity contribution is 6.05. The van der Waals surface area contributed by atoms with Crippen LogP contribution in [0.1, 0.15) is 12.8 Å². The van der Waals surface area contributed by atoms with Gasteiger partial charge >= 0.3 is 5.69 Å². The van der Waals surface area contributed by atoms with E-state index in [0.29, 0.717) is 6.42 Å². The van der Waals surface area contributed by atoms with Crippen molar-refractivity contribution in [3.05, 3.63) is 95.7 Å². The van der Waals surface area contributed by atoms with Gasteiger partial charge in [0.05, 0.1) is 34.0 Å². The summed E-state index contributed by atoms with van der Waals surface area (Å²) in [6.45, 7) is 0.731. The molecule has 4 heterocycles. The molecule has 0 spiro atoms. The Morgan fingerprint density at radius 1 is 0.784 bits per heavy atom. The average molecular weight is 486 g/mol. The summed E-state index contributed by atoms with van der Waals surface area (Å²) < 4.78 is 3.36. The van der Waals surface area contributed by atoms with Crippen molar-refractivity contribution in [1.82, 2.24) is 19.1 Å². The number of benzene rings is 3. The van der Waals surface area contributed by atoms with E-state index in [-0.39, 0.29) is 11.6 Å². The molecule has 7 rings (SSSR count). The molecule has 0 saturated carbocycles. The van der Waals surface area contributed by atoms with E-state index in [4.69, 9.17) is 0 Å². The quantitative estimate of drug-likeness (QED) is 0.345. The van der Waals surface area contributed by atoms with E-state index >= 15 is 0 Å². The molecule has 7 heteroatoms. The van der Waals surface area contributed by atoms with Gasteiger partial charge in [-0.3, -0.25) is 23.9 Å². The zero-order valence-electron chi connectivity index (χ0n) is 20.3. The van der Waals surface area contributed by atoms with Crippen LogP contribution >= 0.6 is 0 Å². The fraction of sp³-hybridized carbons (Fsp3) is 0.133. The average Bonchev–Trinajstić information content (AvgIpc) is 3.48. The van der Waals surface area contributed by atoms with Gasteiger partial charge in [0.1, 0.15) is 0 Å². The second kappa shape index (κ2) is 8.13. The minimum absolute atomic E-state index is 0.142. The van der Waals surface area contributed by atoms with Crippen molar-refractivity contribution < 1.29 is 4.79 Å². The predicted molar refractivity (Wildman–Crippen MR) is 146 cm³/mol. The van der Waals surface area contributed by atoms with E-state index in [2.05, 4.69) is 28.2 Å². The van der Waals surface area contributed by atoms with Gasteiger partial charge in [-0.15, -0.1) is 0 Å². The third-order valence-corrected chi connectivity index (χ3v) is 7.30. The van der Waals surface area contributed by atoms with E-state index in [1.54, 1.807) is 27.3 Å². The number of aryl methyl sites for hydroxylation is 1. The van der Waals surface area contributed by atoms with Crippen LogP contribution in [0.3, 0.4) is 0 Å². The second-order valence-electron chi connectivity index (χ2n) is 9.48. The number of carbonyl (C=O) groups is 1. The lowest BCUT2D eigenvalue weighted by Crippen LogP contribution is -2.24. The summed E-state index contributed by atoms with van der Waals surface area (Å²) in [7, 11) is 1.77. The van der Waals surface area contributed by atoms with E-state index in [0.717, 1.165) is 68.3 Å². The standard InChI is InChI=1S/C30H23N5O2/c1-33-27-18-32-26-13-8-19(21-15-20-5-2-3-6-25(20)31-17-21)16-24(26)29(27)35(30(33)37)23-11-9-22(10-12-23)34-14-4-7-28(34)36/h2-3,5-6,8-13,15-18H,4,7,14H2,1H3. The van der Waals surface area contributed by atoms with Gasteiger partial charge in [0.25, 0.3) is 0 Å². The number of fused-ring (bicyclic) bond motifs is 4. The molecule has 3 aromatic heterocycles. The normalized spacial score (nSPS) is 13.9. The minimum Gasteiger partial charge on any atom is -0.312 e. The third-order valence-electron chi connectivity index (χ3n) is 7.30. The molecule has 0 N–H and O–H groups in total. The van der Waals surface area contributed by atoms with Gasteiger partial charge in [-0.1, -0.05) is 24.3 Å². The SMILES string of the molecule is Cn1c(=O)n(-c2ccc(N3CCCC3=O)cc2)c2c3cc(-c4cnc5ccccc5c4)ccc3ncc21. The monoisotopic (exact) mass is 485 g/mol. The summed E-state index contributed by atoms with van der Waals surface area (Å²) in [5.41, 5.74) is 6.78. The molecule has 7 nitrogen and oxygen atoms in total. The Bertz CT molecular complexity index is 1920. The van der Waals surface area contributed by atoms with E-state index in [1.165, 1.54) is 0 Å². The summed E-state index contributed by atoms with van der Waals surface area (Å²) in [5.74, 6) is 0.142. The topological polar surface area (TPSA) is 73.0 Å². The maximum absolute atomic E-state index is 13.5. The summed E-state index contributed by atoms with van der Waals surface area (Å²) in [4.78, 5) is 36.7. The number of hydrogen-bond acceptors (Lipinski definition) is 4. The Labute approximate surface area is 212 Å². The number of hydrogen-bond donors (Lipinski definition) is 0. The Balaban J connectivity index is 1.42. The Kier molecular flexibility index (Phi) is 4.72. The lowest BCUT2D eigenvalue weighted by Gasteiger charge is -2.16. The van der Waals surface area contributed by atoms with Crippen molar-refractivity contribution in [2.45, 2.75) is 12.8 Å². The first-order valence-corrected chi connectivity index (χ1v) is 12.3. The lowest BCUT2D eigenvalue weighted by atomic mass is 10.0. The number of amides is 1. The molecule has 6 aromatic rings. The number of pyridine rings is 2. The summed E-state index contributed by atoms with van der Waals surface area (Å²) in [6, 6.07) is 23.9. The fourth-order valence-corrected chi connectivity index (χ4v) is 5.35. The highest BCUT2D eigenvalue weighted by Crippen LogP contribution is 2.31. The number of imidazole rings is 1. The summed E-state index contributed by atoms with van der Waals surface area (Å²) >= 11 is 0. The largest absolute Gasteiger partial charge is 0.333 e. The lowest BCUT2D eigenvalue weighted by molar-refractivity contribution is -0.117. The molecule has 0 unspecified atom stereocenters. The van der Waals surface area contributed by atoms with Crippen molar-refractivity contribution >= 4 is 44.4 Å². The molecule has 1 saturated heterocycles. The van der Waals surface area contributed by atoms with Gasteiger partial charge in [-0.25, -0.2) is 4.79 Å². The van der Waals surface area contributed by atoms with E-state index in [1.807, 2.05) is 60.8 Å². The third kappa shape index (κ3) is 3.35. The minimum atomic E-state index is -0.146. The van der Waals surface area contributed by atoms with Gasteiger partial charge in [0, 0.05) is 48.2 Å². The Morgan fingerprint density at radius 3 is 2.38 bits per heavy atom. The van der Waals surface area contributed by atoms with Crippen LogP contribution in [-0.4, -0.2) is 31.6 Å². The molecule has 1 aliphatic rings. The molecular weight excluding hydrogens is 462 g/mol. The van der Waals surface area contributed by atoms with Crippen molar-refractivity contribution in [3.8, 4) is 16.8 Å². The zero-order chi connectivity index (χ0) is 25.1. The van der Waals surface area contributed by atoms with Crippen LogP contribution in [0.15, 0.2) is 90.0 Å². The van der Waals surface area contributed by atoms with Gasteiger partial charge < -0.3 is 4.90 Å². The molecule has 37 heavy (non-hydrogen) atoms. The molecule has 0 atom stereocenters. The fourth-order valence-electron chi connectivity index (χ4n) is 5.35. The molecule has 0 radical (unpaired) electrons. The summed E-state index contributed by atoms with van der Waals surface area (Å²) in [5, 5.41) is 1.96. The number of carbonyl (C=O) groups excluding carboxylic acids is 1.